The van der Waals surface area contributed by atoms with E-state index in [1.165, 1.54) is 47.2 Å². The summed E-state index contributed by atoms with van der Waals surface area (Å²) in [6.45, 7) is 1.60. The summed E-state index contributed by atoms with van der Waals surface area (Å²) in [7, 11) is 0. The predicted octanol–water partition coefficient (Wildman–Crippen LogP) is 2.98. The van der Waals surface area contributed by atoms with Crippen LogP contribution < -0.4 is 0 Å². The van der Waals surface area contributed by atoms with E-state index in [1.807, 2.05) is 18.5 Å². The number of nitrogens with one attached hydrogen (secondary N) is 1. The number of carbonyl (C=O) groups is 1. The Balaban J connectivity index is 0.000000324. The molecule has 0 saturated heterocycles. The monoisotopic (exact) mass is 349 g/mol. The molecule has 0 aliphatic heterocycles. The van der Waals surface area contributed by atoms with E-state index in [2.05, 4.69) is 30.9 Å². The van der Waals surface area contributed by atoms with Crippen LogP contribution in [0.5, 0.6) is 0 Å². The van der Waals surface area contributed by atoms with Gasteiger partial charge in [-0.15, -0.1) is 0 Å². The average molecular weight is 349 g/mol. The molecule has 1 fully saturated rings. The average Bonchev–Trinajstić information content (AvgIpc) is 3.34. The zero-order valence-electron chi connectivity index (χ0n) is 14.5. The first kappa shape index (κ1) is 18.1. The number of rotatable bonds is 3. The molecule has 0 radical (unpaired) electrons. The number of carboxylic acid groups (broad SMARTS) is 1. The second kappa shape index (κ2) is 8.12. The molecule has 25 heavy (non-hydrogen) atoms. The van der Waals surface area contributed by atoms with E-state index in [0.717, 1.165) is 25.5 Å². The fraction of sp³-hybridized carbons (Fsp3) is 0.412. The summed E-state index contributed by atoms with van der Waals surface area (Å²) in [6.07, 6.45) is 11.7. The third-order valence-corrected chi connectivity index (χ3v) is 5.62. The van der Waals surface area contributed by atoms with Crippen molar-refractivity contribution in [2.24, 2.45) is 0 Å². The molecule has 2 atom stereocenters. The summed E-state index contributed by atoms with van der Waals surface area (Å²) < 4.78 is 3.08. The molecule has 3 aromatic heterocycles. The number of aromatic nitrogens is 5. The van der Waals surface area contributed by atoms with Crippen LogP contribution in [0.3, 0.4) is 0 Å². The van der Waals surface area contributed by atoms with Gasteiger partial charge in [-0.3, -0.25) is 4.79 Å². The van der Waals surface area contributed by atoms with E-state index in [4.69, 9.17) is 5.11 Å². The van der Waals surface area contributed by atoms with Gasteiger partial charge in [-0.05, 0) is 0 Å². The molecule has 3 aromatic rings. The molecule has 7 nitrogen and oxygen atoms in total. The van der Waals surface area contributed by atoms with Crippen molar-refractivity contribution in [1.82, 2.24) is 24.7 Å². The van der Waals surface area contributed by atoms with Gasteiger partial charge in [0.25, 0.3) is 0 Å². The number of hydrogen-bond donors (Lipinski definition) is 2. The van der Waals surface area contributed by atoms with Gasteiger partial charge in [0.2, 0.25) is 0 Å². The number of aliphatic carboxylic acids is 1. The van der Waals surface area contributed by atoms with Crippen molar-refractivity contribution in [3.63, 3.8) is 0 Å². The molecule has 2 unspecified atom stereocenters. The standard InChI is InChI=1S/C14H14N5.C3H6O2.Na/c1-2-4-11(3-1)19-8-10(7-18-19)13-12-5-6-15-14(12)17-9-16-13;1-2-3(4)5;/h1,5-9,11H,2-4H2,(H,15,16,17);2H2,1H3,(H,4,5);. The first-order chi connectivity index (χ1) is 12.1. The molecule has 1 aliphatic rings. The topological polar surface area (TPSA) is 96.7 Å². The van der Waals surface area contributed by atoms with Gasteiger partial charge in [-0.1, -0.05) is 6.92 Å². The van der Waals surface area contributed by atoms with Gasteiger partial charge in [-0.25, -0.2) is 0 Å². The van der Waals surface area contributed by atoms with Crippen molar-refractivity contribution in [1.29, 1.82) is 0 Å². The van der Waals surface area contributed by atoms with Gasteiger partial charge in [-0.2, -0.15) is 0 Å². The zero-order valence-corrected chi connectivity index (χ0v) is 16.5. The molecule has 0 spiro atoms. The second-order valence-electron chi connectivity index (χ2n) is 6.49. The first-order valence-electron chi connectivity index (χ1n) is 8.62. The molecule has 0 amide bonds. The van der Waals surface area contributed by atoms with E-state index in [1.54, 1.807) is 13.3 Å². The molecule has 0 bridgehead atoms. The van der Waals surface area contributed by atoms with Gasteiger partial charge < -0.3 is 5.11 Å². The third kappa shape index (κ3) is 4.29. The molecule has 8 heteroatoms. The molecule has 4 rings (SSSR count). The van der Waals surface area contributed by atoms with E-state index in [9.17, 15) is 4.79 Å². The molecule has 3 heterocycles. The van der Waals surface area contributed by atoms with E-state index in [-0.39, 0.29) is 6.42 Å². The van der Waals surface area contributed by atoms with Crippen LogP contribution in [0.4, 0.5) is 0 Å². The molecule has 1 saturated carbocycles. The Kier molecular flexibility index (Phi) is 5.88. The minimum absolute atomic E-state index is 0.222. The fourth-order valence-corrected chi connectivity index (χ4v) is 4.06. The Morgan fingerprint density at radius 1 is 1.44 bits per heavy atom. The van der Waals surface area contributed by atoms with Crippen LogP contribution in [0.2, 0.25) is 3.17 Å². The summed E-state index contributed by atoms with van der Waals surface area (Å²) in [6, 6.07) is 2.60. The van der Waals surface area contributed by atoms with Crippen molar-refractivity contribution in [2.75, 3.05) is 0 Å². The zero-order chi connectivity index (χ0) is 17.8. The first-order valence-corrected chi connectivity index (χ1v) is 9.78. The summed E-state index contributed by atoms with van der Waals surface area (Å²) in [5.41, 5.74) is 2.92. The maximum atomic E-state index is 9.37. The van der Waals surface area contributed by atoms with Crippen LogP contribution in [0, 0.1) is 0 Å². The van der Waals surface area contributed by atoms with Crippen LogP contribution in [-0.2, 0) is 4.79 Å². The fourth-order valence-electron chi connectivity index (χ4n) is 3.18. The number of fused-ring (bicyclic) bond motifs is 1. The van der Waals surface area contributed by atoms with Crippen LogP contribution >= 0.6 is 0 Å². The Bertz CT molecular complexity index is 859. The van der Waals surface area contributed by atoms with Gasteiger partial charge in [0.15, 0.2) is 0 Å². The van der Waals surface area contributed by atoms with E-state index in [0.29, 0.717) is 6.04 Å². The second-order valence-corrected chi connectivity index (χ2v) is 8.12. The van der Waals surface area contributed by atoms with Gasteiger partial charge in [0.05, 0.1) is 0 Å². The number of aromatic amines is 1. The van der Waals surface area contributed by atoms with Gasteiger partial charge in [0.1, 0.15) is 0 Å². The normalized spacial score (nSPS) is 19.6. The summed E-state index contributed by atoms with van der Waals surface area (Å²) in [4.78, 5) is 21.2. The molecular weight excluding hydrogens is 329 g/mol. The third-order valence-electron chi connectivity index (χ3n) is 4.57. The van der Waals surface area contributed by atoms with E-state index < -0.39 is 5.97 Å². The van der Waals surface area contributed by atoms with Crippen LogP contribution in [0.15, 0.2) is 31.0 Å². The van der Waals surface area contributed by atoms with Crippen molar-refractivity contribution in [3.8, 4) is 11.3 Å². The summed E-state index contributed by atoms with van der Waals surface area (Å²) in [5, 5.41) is 13.3. The van der Waals surface area contributed by atoms with Gasteiger partial charge >= 0.3 is 140 Å². The quantitative estimate of drug-likeness (QED) is 0.709. The molecular formula is C17H20N5NaO2. The van der Waals surface area contributed by atoms with E-state index >= 15 is 0 Å². The molecule has 0 aromatic carbocycles. The number of H-pyrrole nitrogens is 1. The number of hydrogen-bond acceptors (Lipinski definition) is 4. The van der Waals surface area contributed by atoms with Crippen molar-refractivity contribution in [2.45, 2.75) is 41.8 Å². The van der Waals surface area contributed by atoms with Crippen molar-refractivity contribution in [3.05, 3.63) is 31.0 Å². The number of carboxylic acids is 1. The molecule has 2 N–H and O–H groups in total. The van der Waals surface area contributed by atoms with Crippen molar-refractivity contribution >= 4 is 44.9 Å². The SMILES string of the molecule is CCC(=O)O.[Na][CH]1CCC(n2cc(-c3ncnc4[nH]ccc34)cn2)C1. The predicted molar refractivity (Wildman–Crippen MR) is 95.4 cm³/mol. The van der Waals surface area contributed by atoms with Crippen LogP contribution in [0.1, 0.15) is 38.6 Å². The van der Waals surface area contributed by atoms with Crippen LogP contribution in [-0.4, -0.2) is 63.7 Å². The molecule has 126 valence electrons. The van der Waals surface area contributed by atoms with Crippen LogP contribution in [0.25, 0.3) is 22.3 Å². The number of nitrogens with zero attached hydrogens (tertiary/aromatic N) is 4. The molecule has 1 aliphatic carbocycles. The maximum absolute atomic E-state index is 9.37. The Morgan fingerprint density at radius 3 is 2.92 bits per heavy atom. The summed E-state index contributed by atoms with van der Waals surface area (Å²) in [5.74, 6) is -0.745. The Labute approximate surface area is 163 Å². The van der Waals surface area contributed by atoms with Crippen molar-refractivity contribution < 1.29 is 9.90 Å². The van der Waals surface area contributed by atoms with Gasteiger partial charge in [0, 0.05) is 6.42 Å². The Morgan fingerprint density at radius 2 is 2.24 bits per heavy atom. The minimum atomic E-state index is -0.745. The Hall–Kier alpha value is -1.70. The summed E-state index contributed by atoms with van der Waals surface area (Å²) >= 11 is 1.30.